The molecule has 0 aromatic carbocycles. The standard InChI is InChI=1S/C6H11NS/c1-5(2)6(3)4-7-8/h4,8H,1-3H3. The van der Waals surface area contributed by atoms with Crippen LogP contribution in [0.3, 0.4) is 0 Å². The van der Waals surface area contributed by atoms with E-state index >= 15 is 0 Å². The van der Waals surface area contributed by atoms with E-state index < -0.39 is 0 Å². The van der Waals surface area contributed by atoms with E-state index in [4.69, 9.17) is 0 Å². The van der Waals surface area contributed by atoms with Crippen LogP contribution in [0.4, 0.5) is 0 Å². The van der Waals surface area contributed by atoms with Gasteiger partial charge in [-0.25, -0.2) is 4.40 Å². The van der Waals surface area contributed by atoms with Crippen molar-refractivity contribution in [3.05, 3.63) is 11.1 Å². The first-order chi connectivity index (χ1) is 3.68. The van der Waals surface area contributed by atoms with Crippen LogP contribution >= 0.6 is 12.8 Å². The first kappa shape index (κ1) is 7.76. The Hall–Kier alpha value is -0.240. The number of thiol groups is 1. The molecule has 0 N–H and O–H groups in total. The van der Waals surface area contributed by atoms with E-state index in [0.29, 0.717) is 0 Å². The molecule has 0 aromatic heterocycles. The second-order valence-corrected chi connectivity index (χ2v) is 2.16. The van der Waals surface area contributed by atoms with Gasteiger partial charge in [-0.15, -0.1) is 0 Å². The molecule has 0 aliphatic heterocycles. The molecule has 0 heterocycles. The van der Waals surface area contributed by atoms with E-state index in [2.05, 4.69) is 17.2 Å². The van der Waals surface area contributed by atoms with Gasteiger partial charge in [-0.3, -0.25) is 0 Å². The maximum absolute atomic E-state index is 3.69. The van der Waals surface area contributed by atoms with E-state index in [1.165, 1.54) is 11.1 Å². The summed E-state index contributed by atoms with van der Waals surface area (Å²) in [6.07, 6.45) is 1.73. The van der Waals surface area contributed by atoms with E-state index in [0.717, 1.165) is 0 Å². The highest BCUT2D eigenvalue weighted by Gasteiger charge is 1.82. The lowest BCUT2D eigenvalue weighted by atomic mass is 10.2. The quantitative estimate of drug-likeness (QED) is 0.412. The fourth-order valence-electron chi connectivity index (χ4n) is 0.216. The molecule has 0 unspecified atom stereocenters. The molecular formula is C6H11NS. The Morgan fingerprint density at radius 3 is 2.00 bits per heavy atom. The molecule has 0 aliphatic carbocycles. The predicted octanol–water partition coefficient (Wildman–Crippen LogP) is 2.26. The van der Waals surface area contributed by atoms with Gasteiger partial charge in [-0.05, 0) is 39.2 Å². The van der Waals surface area contributed by atoms with Gasteiger partial charge in [-0.2, -0.15) is 0 Å². The molecule has 0 saturated heterocycles. The van der Waals surface area contributed by atoms with Gasteiger partial charge in [0, 0.05) is 6.21 Å². The van der Waals surface area contributed by atoms with Gasteiger partial charge in [0.05, 0.1) is 0 Å². The van der Waals surface area contributed by atoms with Gasteiger partial charge in [0.1, 0.15) is 0 Å². The monoisotopic (exact) mass is 129 g/mol. The summed E-state index contributed by atoms with van der Waals surface area (Å²) in [5.74, 6) is 0. The third kappa shape index (κ3) is 2.86. The molecule has 2 heteroatoms. The normalized spacial score (nSPS) is 10.0. The molecule has 0 spiro atoms. The van der Waals surface area contributed by atoms with Crippen molar-refractivity contribution in [2.75, 3.05) is 0 Å². The Morgan fingerprint density at radius 2 is 1.88 bits per heavy atom. The van der Waals surface area contributed by atoms with Crippen molar-refractivity contribution in [2.24, 2.45) is 4.40 Å². The Bertz CT molecular complexity index is 120. The van der Waals surface area contributed by atoms with Crippen LogP contribution in [0.1, 0.15) is 20.8 Å². The van der Waals surface area contributed by atoms with Crippen LogP contribution in [0, 0.1) is 0 Å². The maximum atomic E-state index is 3.69. The third-order valence-corrected chi connectivity index (χ3v) is 1.16. The summed E-state index contributed by atoms with van der Waals surface area (Å²) < 4.78 is 3.57. The lowest BCUT2D eigenvalue weighted by molar-refractivity contribution is 1.33. The summed E-state index contributed by atoms with van der Waals surface area (Å²) in [5.41, 5.74) is 2.46. The average molecular weight is 129 g/mol. The van der Waals surface area contributed by atoms with Crippen molar-refractivity contribution in [1.82, 2.24) is 0 Å². The van der Waals surface area contributed by atoms with Crippen molar-refractivity contribution in [1.29, 1.82) is 0 Å². The van der Waals surface area contributed by atoms with Crippen molar-refractivity contribution in [3.63, 3.8) is 0 Å². The first-order valence-electron chi connectivity index (χ1n) is 2.50. The lowest BCUT2D eigenvalue weighted by Gasteiger charge is -1.90. The third-order valence-electron chi connectivity index (χ3n) is 1.04. The van der Waals surface area contributed by atoms with E-state index in [1.54, 1.807) is 6.21 Å². The fourth-order valence-corrected chi connectivity index (χ4v) is 0.389. The van der Waals surface area contributed by atoms with Crippen LogP contribution < -0.4 is 0 Å². The highest BCUT2D eigenvalue weighted by molar-refractivity contribution is 7.78. The fraction of sp³-hybridized carbons (Fsp3) is 0.500. The van der Waals surface area contributed by atoms with Gasteiger partial charge < -0.3 is 0 Å². The summed E-state index contributed by atoms with van der Waals surface area (Å²) in [5, 5.41) is 0. The zero-order chi connectivity index (χ0) is 6.57. The predicted molar refractivity (Wildman–Crippen MR) is 41.5 cm³/mol. The molecule has 0 fully saturated rings. The van der Waals surface area contributed by atoms with Gasteiger partial charge in [-0.1, -0.05) is 5.57 Å². The number of nitrogens with zero attached hydrogens (tertiary/aromatic N) is 1. The molecular weight excluding hydrogens is 118 g/mol. The van der Waals surface area contributed by atoms with Gasteiger partial charge in [0.25, 0.3) is 0 Å². The highest BCUT2D eigenvalue weighted by atomic mass is 32.1. The van der Waals surface area contributed by atoms with Crippen LogP contribution in [-0.4, -0.2) is 6.21 Å². The zero-order valence-electron chi connectivity index (χ0n) is 5.47. The molecule has 0 aliphatic rings. The molecule has 1 nitrogen and oxygen atoms in total. The van der Waals surface area contributed by atoms with E-state index in [9.17, 15) is 0 Å². The minimum Gasteiger partial charge on any atom is -0.228 e. The molecule has 8 heavy (non-hydrogen) atoms. The Balaban J connectivity index is 4.00. The van der Waals surface area contributed by atoms with Crippen LogP contribution in [-0.2, 0) is 0 Å². The Labute approximate surface area is 56.1 Å². The number of hydrogen-bond acceptors (Lipinski definition) is 2. The van der Waals surface area contributed by atoms with E-state index in [-0.39, 0.29) is 0 Å². The number of allylic oxidation sites excluding steroid dienone is 2. The largest absolute Gasteiger partial charge is 0.228 e. The molecule has 0 aromatic rings. The smallest absolute Gasteiger partial charge is 0.0377 e. The second kappa shape index (κ2) is 3.72. The van der Waals surface area contributed by atoms with Crippen LogP contribution in [0.5, 0.6) is 0 Å². The number of hydrogen-bond donors (Lipinski definition) is 1. The van der Waals surface area contributed by atoms with Crippen LogP contribution in [0.25, 0.3) is 0 Å². The molecule has 0 saturated carbocycles. The average Bonchev–Trinajstić information content (AvgIpc) is 1.67. The van der Waals surface area contributed by atoms with Gasteiger partial charge in [0.2, 0.25) is 0 Å². The SMILES string of the molecule is CC(C)=C(C)C=NS. The van der Waals surface area contributed by atoms with Gasteiger partial charge >= 0.3 is 0 Å². The molecule has 46 valence electrons. The molecule has 0 amide bonds. The van der Waals surface area contributed by atoms with Crippen LogP contribution in [0.2, 0.25) is 0 Å². The molecule has 0 atom stereocenters. The zero-order valence-corrected chi connectivity index (χ0v) is 6.37. The lowest BCUT2D eigenvalue weighted by Crippen LogP contribution is -1.78. The van der Waals surface area contributed by atoms with E-state index in [1.807, 2.05) is 20.8 Å². The second-order valence-electron chi connectivity index (χ2n) is 1.93. The van der Waals surface area contributed by atoms with Gasteiger partial charge in [0.15, 0.2) is 0 Å². The number of rotatable bonds is 1. The minimum atomic E-state index is 1.18. The Kier molecular flexibility index (Phi) is 3.61. The molecule has 0 radical (unpaired) electrons. The Morgan fingerprint density at radius 1 is 1.38 bits per heavy atom. The summed E-state index contributed by atoms with van der Waals surface area (Å²) in [7, 11) is 0. The van der Waals surface area contributed by atoms with Crippen molar-refractivity contribution < 1.29 is 0 Å². The van der Waals surface area contributed by atoms with Crippen LogP contribution in [0.15, 0.2) is 15.5 Å². The minimum absolute atomic E-state index is 1.18. The summed E-state index contributed by atoms with van der Waals surface area (Å²) in [4.78, 5) is 0. The maximum Gasteiger partial charge on any atom is 0.0377 e. The topological polar surface area (TPSA) is 12.4 Å². The van der Waals surface area contributed by atoms with Crippen molar-refractivity contribution >= 4 is 19.0 Å². The summed E-state index contributed by atoms with van der Waals surface area (Å²) in [6, 6.07) is 0. The summed E-state index contributed by atoms with van der Waals surface area (Å²) in [6.45, 7) is 6.10. The highest BCUT2D eigenvalue weighted by Crippen LogP contribution is 1.97. The first-order valence-corrected chi connectivity index (χ1v) is 2.90. The molecule has 0 rings (SSSR count). The van der Waals surface area contributed by atoms with Crippen molar-refractivity contribution in [2.45, 2.75) is 20.8 Å². The molecule has 0 bridgehead atoms. The van der Waals surface area contributed by atoms with Crippen molar-refractivity contribution in [3.8, 4) is 0 Å². The summed E-state index contributed by atoms with van der Waals surface area (Å²) >= 11 is 3.69.